The van der Waals surface area contributed by atoms with Crippen molar-refractivity contribution in [2.75, 3.05) is 14.1 Å². The second-order valence-electron chi connectivity index (χ2n) is 3.28. The van der Waals surface area contributed by atoms with Crippen LogP contribution in [0, 0.1) is 0 Å². The van der Waals surface area contributed by atoms with Crippen LogP contribution in [0.1, 0.15) is 6.92 Å². The largest absolute Gasteiger partial charge is 0.376 e. The van der Waals surface area contributed by atoms with E-state index in [1.807, 2.05) is 0 Å². The molecule has 0 aromatic carbocycles. The molecule has 2 atom stereocenters. The number of hydrogen-bond acceptors (Lipinski definition) is 4. The first-order valence-electron chi connectivity index (χ1n) is 3.75. The molecule has 74 valence electrons. The molecule has 0 radical (unpaired) electrons. The number of hydrogen-bond donors (Lipinski definition) is 2. The first kappa shape index (κ1) is 9.94. The number of likely N-dealkylation sites (N-methyl/N-ethyl adjacent to an activating group) is 2. The summed E-state index contributed by atoms with van der Waals surface area (Å²) in [7, 11) is 2.56. The van der Waals surface area contributed by atoms with Gasteiger partial charge in [-0.2, -0.15) is 0 Å². The summed E-state index contributed by atoms with van der Waals surface area (Å²) >= 11 is 0. The lowest BCUT2D eigenvalue weighted by atomic mass is 10.00. The van der Waals surface area contributed by atoms with E-state index in [-0.39, 0.29) is 0 Å². The first-order valence-corrected chi connectivity index (χ1v) is 3.75. The van der Waals surface area contributed by atoms with Crippen LogP contribution in [0.5, 0.6) is 0 Å². The average molecular weight is 188 g/mol. The van der Waals surface area contributed by atoms with Gasteiger partial charge >= 0.3 is 6.03 Å². The van der Waals surface area contributed by atoms with E-state index in [0.29, 0.717) is 0 Å². The van der Waals surface area contributed by atoms with Crippen LogP contribution in [0.3, 0.4) is 0 Å². The number of aliphatic hydroxyl groups excluding tert-OH is 1. The zero-order chi connectivity index (χ0) is 10.4. The van der Waals surface area contributed by atoms with Crippen molar-refractivity contribution in [3.8, 4) is 0 Å². The third kappa shape index (κ3) is 1.18. The quantitative estimate of drug-likeness (QED) is 0.489. The summed E-state index contributed by atoms with van der Waals surface area (Å²) in [6.07, 6.45) is -1.50. The van der Waals surface area contributed by atoms with E-state index in [1.165, 1.54) is 21.0 Å². The Balaban J connectivity index is 3.07. The normalized spacial score (nSPS) is 35.6. The number of rotatable bonds is 0. The monoisotopic (exact) mass is 188 g/mol. The molecule has 2 N–H and O–H groups in total. The molecule has 6 heteroatoms. The number of amides is 3. The van der Waals surface area contributed by atoms with Crippen LogP contribution in [0.15, 0.2) is 0 Å². The Hall–Kier alpha value is -1.14. The molecule has 0 aliphatic carbocycles. The summed E-state index contributed by atoms with van der Waals surface area (Å²) in [4.78, 5) is 24.2. The van der Waals surface area contributed by atoms with Crippen molar-refractivity contribution in [2.45, 2.75) is 18.8 Å². The fourth-order valence-electron chi connectivity index (χ4n) is 1.26. The lowest BCUT2D eigenvalue weighted by Crippen LogP contribution is -2.67. The van der Waals surface area contributed by atoms with E-state index in [1.54, 1.807) is 0 Å². The Morgan fingerprint density at radius 1 is 1.38 bits per heavy atom. The maximum atomic E-state index is 11.3. The summed E-state index contributed by atoms with van der Waals surface area (Å²) in [5.74, 6) is -0.803. The molecule has 0 unspecified atom stereocenters. The topological polar surface area (TPSA) is 81.1 Å². The van der Waals surface area contributed by atoms with Gasteiger partial charge in [-0.25, -0.2) is 4.79 Å². The first-order chi connectivity index (χ1) is 5.80. The average Bonchev–Trinajstić information content (AvgIpc) is 2.09. The summed E-state index contributed by atoms with van der Waals surface area (Å²) < 4.78 is 0. The van der Waals surface area contributed by atoms with Crippen molar-refractivity contribution < 1.29 is 19.8 Å². The molecule has 0 saturated carbocycles. The van der Waals surface area contributed by atoms with Crippen LogP contribution in [-0.4, -0.2) is 57.9 Å². The number of urea groups is 1. The Morgan fingerprint density at radius 2 is 1.85 bits per heavy atom. The predicted molar refractivity (Wildman–Crippen MR) is 42.6 cm³/mol. The standard InChI is InChI=1S/C7H12N2O4/c1-7(13)4(10)8(2)6(12)9(3)5(7)11/h4,10,13H,1-3H3/t4-,7+/m0/s1. The Kier molecular flexibility index (Phi) is 2.05. The second kappa shape index (κ2) is 2.68. The van der Waals surface area contributed by atoms with E-state index in [0.717, 1.165) is 9.80 Å². The molecular weight excluding hydrogens is 176 g/mol. The SMILES string of the molecule is CN1C(=O)N(C)[C@@H](O)[C@@](C)(O)C1=O. The maximum absolute atomic E-state index is 11.3. The van der Waals surface area contributed by atoms with Crippen LogP contribution >= 0.6 is 0 Å². The highest BCUT2D eigenvalue weighted by atomic mass is 16.4. The van der Waals surface area contributed by atoms with Crippen LogP contribution in [0.2, 0.25) is 0 Å². The van der Waals surface area contributed by atoms with Crippen LogP contribution in [0.25, 0.3) is 0 Å². The van der Waals surface area contributed by atoms with E-state index in [4.69, 9.17) is 0 Å². The molecule has 0 aromatic rings. The van der Waals surface area contributed by atoms with Gasteiger partial charge in [-0.3, -0.25) is 14.6 Å². The van der Waals surface area contributed by atoms with Crippen molar-refractivity contribution in [1.82, 2.24) is 9.80 Å². The minimum Gasteiger partial charge on any atom is -0.376 e. The molecule has 3 amide bonds. The Bertz CT molecular complexity index is 263. The number of carbonyl (C=O) groups excluding carboxylic acids is 2. The minimum atomic E-state index is -1.93. The molecule has 1 aliphatic rings. The highest BCUT2D eigenvalue weighted by Gasteiger charge is 2.50. The maximum Gasteiger partial charge on any atom is 0.328 e. The molecule has 1 saturated heterocycles. The van der Waals surface area contributed by atoms with Gasteiger partial charge in [-0.1, -0.05) is 0 Å². The van der Waals surface area contributed by atoms with Gasteiger partial charge in [0.15, 0.2) is 11.8 Å². The zero-order valence-corrected chi connectivity index (χ0v) is 7.68. The number of imide groups is 1. The summed E-state index contributed by atoms with van der Waals surface area (Å²) in [5, 5.41) is 18.9. The fourth-order valence-corrected chi connectivity index (χ4v) is 1.26. The summed E-state index contributed by atoms with van der Waals surface area (Å²) in [5.41, 5.74) is -1.93. The third-order valence-electron chi connectivity index (χ3n) is 2.20. The summed E-state index contributed by atoms with van der Waals surface area (Å²) in [6.45, 7) is 1.17. The molecular formula is C7H12N2O4. The molecule has 0 aromatic heterocycles. The van der Waals surface area contributed by atoms with E-state index < -0.39 is 23.8 Å². The number of nitrogens with zero attached hydrogens (tertiary/aromatic N) is 2. The third-order valence-corrected chi connectivity index (χ3v) is 2.20. The number of aliphatic hydroxyl groups is 2. The fraction of sp³-hybridized carbons (Fsp3) is 0.714. The van der Waals surface area contributed by atoms with Crippen LogP contribution in [0.4, 0.5) is 4.79 Å². The molecule has 1 heterocycles. The molecule has 0 spiro atoms. The van der Waals surface area contributed by atoms with Crippen molar-refractivity contribution >= 4 is 11.9 Å². The van der Waals surface area contributed by atoms with Gasteiger partial charge in [0.1, 0.15) is 0 Å². The van der Waals surface area contributed by atoms with Gasteiger partial charge < -0.3 is 10.2 Å². The van der Waals surface area contributed by atoms with Crippen molar-refractivity contribution in [3.05, 3.63) is 0 Å². The van der Waals surface area contributed by atoms with Crippen molar-refractivity contribution in [1.29, 1.82) is 0 Å². The number of carbonyl (C=O) groups is 2. The van der Waals surface area contributed by atoms with E-state index in [2.05, 4.69) is 0 Å². The Morgan fingerprint density at radius 3 is 2.31 bits per heavy atom. The zero-order valence-electron chi connectivity index (χ0n) is 7.68. The highest BCUT2D eigenvalue weighted by molar-refractivity contribution is 6.01. The van der Waals surface area contributed by atoms with Gasteiger partial charge in [0.2, 0.25) is 0 Å². The van der Waals surface area contributed by atoms with E-state index >= 15 is 0 Å². The molecule has 1 rings (SSSR count). The van der Waals surface area contributed by atoms with Gasteiger partial charge in [0.05, 0.1) is 0 Å². The van der Waals surface area contributed by atoms with Gasteiger partial charge in [0.25, 0.3) is 5.91 Å². The molecule has 1 fully saturated rings. The highest BCUT2D eigenvalue weighted by Crippen LogP contribution is 2.22. The molecule has 0 bridgehead atoms. The van der Waals surface area contributed by atoms with Crippen LogP contribution < -0.4 is 0 Å². The minimum absolute atomic E-state index is 0.635. The Labute approximate surface area is 75.4 Å². The second-order valence-corrected chi connectivity index (χ2v) is 3.28. The van der Waals surface area contributed by atoms with Crippen molar-refractivity contribution in [3.63, 3.8) is 0 Å². The van der Waals surface area contributed by atoms with Gasteiger partial charge in [-0.15, -0.1) is 0 Å². The van der Waals surface area contributed by atoms with Crippen LogP contribution in [-0.2, 0) is 4.79 Å². The molecule has 13 heavy (non-hydrogen) atoms. The van der Waals surface area contributed by atoms with Gasteiger partial charge in [-0.05, 0) is 6.92 Å². The van der Waals surface area contributed by atoms with Gasteiger partial charge in [0, 0.05) is 14.1 Å². The lowest BCUT2D eigenvalue weighted by molar-refractivity contribution is -0.179. The lowest BCUT2D eigenvalue weighted by Gasteiger charge is -2.42. The summed E-state index contributed by atoms with van der Waals surface area (Å²) in [6, 6.07) is -0.635. The molecule has 6 nitrogen and oxygen atoms in total. The smallest absolute Gasteiger partial charge is 0.328 e. The molecule has 1 aliphatic heterocycles. The van der Waals surface area contributed by atoms with E-state index in [9.17, 15) is 19.8 Å². The predicted octanol–water partition coefficient (Wildman–Crippen LogP) is -1.42. The van der Waals surface area contributed by atoms with Crippen molar-refractivity contribution in [2.24, 2.45) is 0 Å².